The lowest BCUT2D eigenvalue weighted by Gasteiger charge is -2.36. The van der Waals surface area contributed by atoms with E-state index in [4.69, 9.17) is 5.73 Å². The zero-order valence-electron chi connectivity index (χ0n) is 12.0. The van der Waals surface area contributed by atoms with Gasteiger partial charge < -0.3 is 23.0 Å². The molecule has 1 aliphatic heterocycles. The fourth-order valence-corrected chi connectivity index (χ4v) is 2.73. The molecule has 2 aromatic carbocycles. The van der Waals surface area contributed by atoms with E-state index < -0.39 is 0 Å². The maximum atomic E-state index is 6.26. The number of halogens is 1. The molecule has 4 heteroatoms. The molecule has 0 spiro atoms. The van der Waals surface area contributed by atoms with Gasteiger partial charge >= 0.3 is 0 Å². The average molecular weight is 301 g/mol. The molecule has 0 amide bonds. The predicted molar refractivity (Wildman–Crippen MR) is 84.4 cm³/mol. The van der Waals surface area contributed by atoms with Crippen molar-refractivity contribution in [2.24, 2.45) is 10.7 Å². The minimum Gasteiger partial charge on any atom is -1.00 e. The minimum absolute atomic E-state index is 0. The van der Waals surface area contributed by atoms with Gasteiger partial charge in [0.2, 0.25) is 5.96 Å². The zero-order valence-corrected chi connectivity index (χ0v) is 12.8. The van der Waals surface area contributed by atoms with E-state index in [0.29, 0.717) is 12.0 Å². The Labute approximate surface area is 131 Å². The topological polar surface area (TPSA) is 41.6 Å². The Bertz CT molecular complexity index is 625. The van der Waals surface area contributed by atoms with Crippen molar-refractivity contribution in [1.29, 1.82) is 0 Å². The summed E-state index contributed by atoms with van der Waals surface area (Å²) in [6.07, 6.45) is 2.20. The normalized spacial score (nSPS) is 17.9. The lowest BCUT2D eigenvalue weighted by molar-refractivity contribution is -0.00000426. The fraction of sp³-hybridized carbons (Fsp3) is 0.235. The van der Waals surface area contributed by atoms with Crippen LogP contribution in [0.5, 0.6) is 0 Å². The van der Waals surface area contributed by atoms with Crippen LogP contribution in [0.2, 0.25) is 0 Å². The summed E-state index contributed by atoms with van der Waals surface area (Å²) >= 11 is 0. The lowest BCUT2D eigenvalue weighted by Crippen LogP contribution is -3.00. The third-order valence-corrected chi connectivity index (χ3v) is 3.77. The third-order valence-electron chi connectivity index (χ3n) is 3.77. The van der Waals surface area contributed by atoms with Crippen LogP contribution in [-0.2, 0) is 6.42 Å². The first-order valence-electron chi connectivity index (χ1n) is 7.02. The van der Waals surface area contributed by atoms with Crippen LogP contribution in [0, 0.1) is 0 Å². The molecule has 2 N–H and O–H groups in total. The average Bonchev–Trinajstić information content (AvgIpc) is 2.48. The molecule has 0 aromatic heterocycles. The molecule has 2 aromatic rings. The van der Waals surface area contributed by atoms with Gasteiger partial charge in [0.1, 0.15) is 0 Å². The number of rotatable bonds is 1. The van der Waals surface area contributed by atoms with E-state index in [9.17, 15) is 0 Å². The monoisotopic (exact) mass is 300 g/mol. The summed E-state index contributed by atoms with van der Waals surface area (Å²) in [5, 5.41) is 0. The summed E-state index contributed by atoms with van der Waals surface area (Å²) in [7, 11) is 0. The molecular formula is C17H19ClN3-. The molecule has 0 bridgehead atoms. The molecule has 3 rings (SSSR count). The Morgan fingerprint density at radius 1 is 1.10 bits per heavy atom. The number of benzene rings is 2. The summed E-state index contributed by atoms with van der Waals surface area (Å²) in [5.74, 6) is 0.566. The molecule has 3 nitrogen and oxygen atoms in total. The summed E-state index contributed by atoms with van der Waals surface area (Å²) in [4.78, 5) is 6.70. The molecule has 0 saturated carbocycles. The van der Waals surface area contributed by atoms with Gasteiger partial charge in [-0.1, -0.05) is 36.4 Å². The number of nitrogens with zero attached hydrogens (tertiary/aromatic N) is 2. The Morgan fingerprint density at radius 2 is 1.76 bits per heavy atom. The number of guanidine groups is 1. The van der Waals surface area contributed by atoms with Gasteiger partial charge in [0.25, 0.3) is 0 Å². The van der Waals surface area contributed by atoms with E-state index in [2.05, 4.69) is 41.1 Å². The maximum Gasteiger partial charge on any atom is 0.201 e. The number of fused-ring (bicyclic) bond motifs is 1. The summed E-state index contributed by atoms with van der Waals surface area (Å²) in [5.41, 5.74) is 9.68. The summed E-state index contributed by atoms with van der Waals surface area (Å²) < 4.78 is 0. The molecule has 0 fully saturated rings. The number of aryl methyl sites for hydroxylation is 1. The second-order valence-corrected chi connectivity index (χ2v) is 5.19. The molecule has 1 atom stereocenters. The van der Waals surface area contributed by atoms with Gasteiger partial charge in [-0.05, 0) is 43.5 Å². The molecule has 1 unspecified atom stereocenters. The predicted octanol–water partition coefficient (Wildman–Crippen LogP) is 0.478. The Hall–Kier alpha value is -2.00. The number of anilines is 1. The molecule has 21 heavy (non-hydrogen) atoms. The van der Waals surface area contributed by atoms with Gasteiger partial charge in [-0.2, -0.15) is 0 Å². The van der Waals surface area contributed by atoms with Crippen molar-refractivity contribution >= 4 is 17.3 Å². The number of aliphatic imine (C=N–C) groups is 1. The van der Waals surface area contributed by atoms with Crippen molar-refractivity contribution in [1.82, 2.24) is 0 Å². The number of nitrogens with two attached hydrogens (primary N) is 1. The second-order valence-electron chi connectivity index (χ2n) is 5.19. The van der Waals surface area contributed by atoms with Crippen molar-refractivity contribution in [2.75, 3.05) is 4.90 Å². The summed E-state index contributed by atoms with van der Waals surface area (Å²) in [6.45, 7) is 2.20. The van der Waals surface area contributed by atoms with Crippen molar-refractivity contribution in [3.63, 3.8) is 0 Å². The number of para-hydroxylation sites is 2. The van der Waals surface area contributed by atoms with E-state index in [1.807, 2.05) is 30.3 Å². The van der Waals surface area contributed by atoms with Crippen LogP contribution in [0.4, 0.5) is 11.4 Å². The first-order valence-corrected chi connectivity index (χ1v) is 7.02. The SMILES string of the molecule is CC1CCc2ccccc2N1C(N)=Nc1ccccc1.[Cl-]. The van der Waals surface area contributed by atoms with Crippen molar-refractivity contribution in [3.8, 4) is 0 Å². The van der Waals surface area contributed by atoms with E-state index in [0.717, 1.165) is 18.5 Å². The standard InChI is InChI=1S/C17H19N3.ClH/c1-13-11-12-14-7-5-6-10-16(14)20(13)17(18)19-15-8-3-2-4-9-15;/h2-10,13H,11-12H2,1H3,(H2,18,19);1H/p-1. The first kappa shape index (κ1) is 15.4. The van der Waals surface area contributed by atoms with Gasteiger partial charge in [-0.25, -0.2) is 4.99 Å². The highest BCUT2D eigenvalue weighted by Crippen LogP contribution is 2.30. The molecule has 110 valence electrons. The molecule has 1 aliphatic rings. The minimum atomic E-state index is 0. The van der Waals surface area contributed by atoms with E-state index in [1.54, 1.807) is 0 Å². The molecule has 1 heterocycles. The number of hydrogen-bond acceptors (Lipinski definition) is 1. The van der Waals surface area contributed by atoms with Gasteiger partial charge in [0.05, 0.1) is 5.69 Å². The third kappa shape index (κ3) is 3.19. The van der Waals surface area contributed by atoms with Crippen molar-refractivity contribution < 1.29 is 12.4 Å². The highest BCUT2D eigenvalue weighted by atomic mass is 35.5. The van der Waals surface area contributed by atoms with Crippen LogP contribution in [0.3, 0.4) is 0 Å². The van der Waals surface area contributed by atoms with Crippen LogP contribution in [0.25, 0.3) is 0 Å². The second kappa shape index (κ2) is 6.64. The fourth-order valence-electron chi connectivity index (χ4n) is 2.73. The highest BCUT2D eigenvalue weighted by Gasteiger charge is 2.25. The van der Waals surface area contributed by atoms with Gasteiger partial charge in [0.15, 0.2) is 0 Å². The van der Waals surface area contributed by atoms with E-state index in [1.165, 1.54) is 11.3 Å². The van der Waals surface area contributed by atoms with Crippen molar-refractivity contribution in [3.05, 3.63) is 60.2 Å². The summed E-state index contributed by atoms with van der Waals surface area (Å²) in [6, 6.07) is 18.7. The Morgan fingerprint density at radius 3 is 2.52 bits per heavy atom. The lowest BCUT2D eigenvalue weighted by atomic mass is 9.97. The van der Waals surface area contributed by atoms with Crippen LogP contribution in [0.1, 0.15) is 18.9 Å². The van der Waals surface area contributed by atoms with Gasteiger partial charge in [-0.15, -0.1) is 0 Å². The maximum absolute atomic E-state index is 6.26. The molecule has 0 aliphatic carbocycles. The van der Waals surface area contributed by atoms with Crippen molar-refractivity contribution in [2.45, 2.75) is 25.8 Å². The van der Waals surface area contributed by atoms with E-state index >= 15 is 0 Å². The van der Waals surface area contributed by atoms with Gasteiger partial charge in [-0.3, -0.25) is 0 Å². The molecule has 0 radical (unpaired) electrons. The van der Waals surface area contributed by atoms with Crippen LogP contribution in [0.15, 0.2) is 59.6 Å². The smallest absolute Gasteiger partial charge is 0.201 e. The van der Waals surface area contributed by atoms with E-state index in [-0.39, 0.29) is 12.4 Å². The first-order chi connectivity index (χ1) is 9.75. The van der Waals surface area contributed by atoms with Crippen LogP contribution >= 0.6 is 0 Å². The largest absolute Gasteiger partial charge is 1.00 e. The van der Waals surface area contributed by atoms with Gasteiger partial charge in [0, 0.05) is 11.7 Å². The quantitative estimate of drug-likeness (QED) is 0.615. The zero-order chi connectivity index (χ0) is 13.9. The Balaban J connectivity index is 0.00000161. The van der Waals surface area contributed by atoms with Crippen LogP contribution < -0.4 is 23.0 Å². The van der Waals surface area contributed by atoms with Crippen LogP contribution in [-0.4, -0.2) is 12.0 Å². The Kier molecular flexibility index (Phi) is 4.86. The molecule has 0 saturated heterocycles. The highest BCUT2D eigenvalue weighted by molar-refractivity contribution is 5.98. The molecular weight excluding hydrogens is 282 g/mol. The number of hydrogen-bond donors (Lipinski definition) is 1.